The summed E-state index contributed by atoms with van der Waals surface area (Å²) in [5.74, 6) is -0.527. The lowest BCUT2D eigenvalue weighted by Gasteiger charge is -2.24. The Hall–Kier alpha value is -2.72. The van der Waals surface area contributed by atoms with Crippen molar-refractivity contribution in [2.24, 2.45) is 13.0 Å². The minimum absolute atomic E-state index is 0.171. The first-order chi connectivity index (χ1) is 14.3. The molecule has 1 aliphatic heterocycles. The van der Waals surface area contributed by atoms with E-state index in [-0.39, 0.29) is 17.9 Å². The first kappa shape index (κ1) is 20.5. The molecular weight excluding hydrogens is 415 g/mol. The zero-order valence-electron chi connectivity index (χ0n) is 16.1. The van der Waals surface area contributed by atoms with Crippen molar-refractivity contribution in [2.75, 3.05) is 11.9 Å². The van der Waals surface area contributed by atoms with Gasteiger partial charge < -0.3 is 5.32 Å². The van der Waals surface area contributed by atoms with Gasteiger partial charge in [0.05, 0.1) is 17.7 Å². The third kappa shape index (κ3) is 4.54. The van der Waals surface area contributed by atoms with Crippen LogP contribution in [0.1, 0.15) is 29.2 Å². The molecule has 0 unspecified atom stereocenters. The molecule has 2 aromatic heterocycles. The van der Waals surface area contributed by atoms with Crippen molar-refractivity contribution in [3.8, 4) is 0 Å². The number of carbonyl (C=O) groups excluding carboxylic acids is 1. The van der Waals surface area contributed by atoms with Gasteiger partial charge in [0.2, 0.25) is 5.91 Å². The fourth-order valence-corrected chi connectivity index (χ4v) is 4.35. The third-order valence-electron chi connectivity index (χ3n) is 5.18. The maximum absolute atomic E-state index is 13.2. The Kier molecular flexibility index (Phi) is 5.61. The second-order valence-corrected chi connectivity index (χ2v) is 8.24. The molecule has 3 heterocycles. The van der Waals surface area contributed by atoms with Gasteiger partial charge in [-0.2, -0.15) is 18.3 Å². The summed E-state index contributed by atoms with van der Waals surface area (Å²) < 4.78 is 41.3. The SMILES string of the molecule is Cn1cc(CN2C[C@H](C(=O)Nc3nccs3)C[C@H]2c2cccc(C(F)(F)F)c2)cn1. The third-order valence-corrected chi connectivity index (χ3v) is 5.87. The maximum Gasteiger partial charge on any atom is 0.416 e. The molecule has 6 nitrogen and oxygen atoms in total. The molecular formula is C20H20F3N5OS. The topological polar surface area (TPSA) is 63.1 Å². The number of benzene rings is 1. The molecule has 4 rings (SSSR count). The molecule has 2 atom stereocenters. The molecule has 1 aromatic carbocycles. The highest BCUT2D eigenvalue weighted by atomic mass is 32.1. The van der Waals surface area contributed by atoms with Crippen molar-refractivity contribution < 1.29 is 18.0 Å². The summed E-state index contributed by atoms with van der Waals surface area (Å²) in [6.07, 6.45) is 1.22. The summed E-state index contributed by atoms with van der Waals surface area (Å²) in [5.41, 5.74) is 0.811. The molecule has 1 saturated heterocycles. The molecule has 0 bridgehead atoms. The first-order valence-corrected chi connectivity index (χ1v) is 10.3. The molecule has 0 saturated carbocycles. The summed E-state index contributed by atoms with van der Waals surface area (Å²) in [6.45, 7) is 0.933. The van der Waals surface area contributed by atoms with Crippen LogP contribution < -0.4 is 5.32 Å². The number of likely N-dealkylation sites (tertiary alicyclic amines) is 1. The summed E-state index contributed by atoms with van der Waals surface area (Å²) in [7, 11) is 1.81. The number of hydrogen-bond donors (Lipinski definition) is 1. The van der Waals surface area contributed by atoms with E-state index >= 15 is 0 Å². The minimum atomic E-state index is -4.41. The van der Waals surface area contributed by atoms with Gasteiger partial charge in [-0.15, -0.1) is 11.3 Å². The van der Waals surface area contributed by atoms with E-state index in [9.17, 15) is 18.0 Å². The fourth-order valence-electron chi connectivity index (χ4n) is 3.82. The maximum atomic E-state index is 13.2. The second kappa shape index (κ2) is 8.19. The van der Waals surface area contributed by atoms with Crippen LogP contribution in [0.15, 0.2) is 48.2 Å². The molecule has 3 aromatic rings. The number of alkyl halides is 3. The molecule has 10 heteroatoms. The Labute approximate surface area is 175 Å². The van der Waals surface area contributed by atoms with Gasteiger partial charge in [0.25, 0.3) is 0 Å². The van der Waals surface area contributed by atoms with Gasteiger partial charge in [-0.3, -0.25) is 14.4 Å². The number of anilines is 1. The van der Waals surface area contributed by atoms with Crippen LogP contribution in [0.5, 0.6) is 0 Å². The Morgan fingerprint density at radius 1 is 1.37 bits per heavy atom. The molecule has 1 amide bonds. The van der Waals surface area contributed by atoms with Crippen LogP contribution in [0.25, 0.3) is 0 Å². The molecule has 1 aliphatic rings. The van der Waals surface area contributed by atoms with E-state index in [1.807, 2.05) is 18.1 Å². The molecule has 0 radical (unpaired) electrons. The van der Waals surface area contributed by atoms with E-state index in [0.29, 0.717) is 30.2 Å². The van der Waals surface area contributed by atoms with Gasteiger partial charge in [0.1, 0.15) is 0 Å². The summed E-state index contributed by atoms with van der Waals surface area (Å²) in [5, 5.41) is 9.25. The zero-order valence-corrected chi connectivity index (χ0v) is 17.0. The van der Waals surface area contributed by atoms with Crippen LogP contribution in [0.2, 0.25) is 0 Å². The average molecular weight is 435 g/mol. The molecule has 1 fully saturated rings. The monoisotopic (exact) mass is 435 g/mol. The van der Waals surface area contributed by atoms with Crippen LogP contribution in [-0.2, 0) is 24.6 Å². The number of nitrogens with zero attached hydrogens (tertiary/aromatic N) is 4. The number of hydrogen-bond acceptors (Lipinski definition) is 5. The smallest absolute Gasteiger partial charge is 0.302 e. The lowest BCUT2D eigenvalue weighted by Crippen LogP contribution is -2.27. The van der Waals surface area contributed by atoms with E-state index in [1.165, 1.54) is 23.5 Å². The number of aromatic nitrogens is 3. The van der Waals surface area contributed by atoms with Gasteiger partial charge in [0, 0.05) is 49.5 Å². The number of rotatable bonds is 5. The number of thiazole rings is 1. The van der Waals surface area contributed by atoms with Crippen molar-refractivity contribution in [1.82, 2.24) is 19.7 Å². The number of aryl methyl sites for hydroxylation is 1. The van der Waals surface area contributed by atoms with Crippen LogP contribution in [0.3, 0.4) is 0 Å². The first-order valence-electron chi connectivity index (χ1n) is 9.38. The van der Waals surface area contributed by atoms with E-state index in [2.05, 4.69) is 15.4 Å². The average Bonchev–Trinajstić information content (AvgIpc) is 3.43. The van der Waals surface area contributed by atoms with E-state index < -0.39 is 11.7 Å². The summed E-state index contributed by atoms with van der Waals surface area (Å²) >= 11 is 1.33. The molecule has 158 valence electrons. The Balaban J connectivity index is 1.59. The normalized spacial score (nSPS) is 19.9. The van der Waals surface area contributed by atoms with Crippen molar-refractivity contribution in [1.29, 1.82) is 0 Å². The Morgan fingerprint density at radius 2 is 2.20 bits per heavy atom. The van der Waals surface area contributed by atoms with Crippen molar-refractivity contribution >= 4 is 22.4 Å². The van der Waals surface area contributed by atoms with Crippen LogP contribution >= 0.6 is 11.3 Å². The van der Waals surface area contributed by atoms with E-state index in [0.717, 1.165) is 11.6 Å². The highest BCUT2D eigenvalue weighted by Gasteiger charge is 2.38. The van der Waals surface area contributed by atoms with E-state index in [4.69, 9.17) is 0 Å². The quantitative estimate of drug-likeness (QED) is 0.656. The Morgan fingerprint density at radius 3 is 2.87 bits per heavy atom. The van der Waals surface area contributed by atoms with Gasteiger partial charge in [0.15, 0.2) is 5.13 Å². The van der Waals surface area contributed by atoms with Crippen LogP contribution in [0.4, 0.5) is 18.3 Å². The summed E-state index contributed by atoms with van der Waals surface area (Å²) in [4.78, 5) is 18.9. The van der Waals surface area contributed by atoms with Crippen molar-refractivity contribution in [2.45, 2.75) is 25.2 Å². The highest BCUT2D eigenvalue weighted by molar-refractivity contribution is 7.13. The fraction of sp³-hybridized carbons (Fsp3) is 0.350. The standard InChI is InChI=1S/C20H20F3N5OS/c1-27-10-13(9-25-27)11-28-12-15(18(29)26-19-24-5-6-30-19)8-17(28)14-3-2-4-16(7-14)20(21,22)23/h2-7,9-10,15,17H,8,11-12H2,1H3,(H,24,26,29)/t15-,17+/m1/s1. The zero-order chi connectivity index (χ0) is 21.3. The summed E-state index contributed by atoms with van der Waals surface area (Å²) in [6, 6.07) is 5.05. The van der Waals surface area contributed by atoms with Gasteiger partial charge in [-0.1, -0.05) is 12.1 Å². The Bertz CT molecular complexity index is 1020. The number of amides is 1. The molecule has 0 aliphatic carbocycles. The van der Waals surface area contributed by atoms with Crippen LogP contribution in [0, 0.1) is 5.92 Å². The lowest BCUT2D eigenvalue weighted by atomic mass is 9.97. The number of halogens is 3. The van der Waals surface area contributed by atoms with Crippen LogP contribution in [-0.4, -0.2) is 32.1 Å². The van der Waals surface area contributed by atoms with Crippen molar-refractivity contribution in [3.05, 3.63) is 64.9 Å². The predicted octanol–water partition coefficient (Wildman–Crippen LogP) is 4.10. The molecule has 1 N–H and O–H groups in total. The molecule has 0 spiro atoms. The van der Waals surface area contributed by atoms with Gasteiger partial charge in [-0.25, -0.2) is 4.98 Å². The van der Waals surface area contributed by atoms with Crippen molar-refractivity contribution in [3.63, 3.8) is 0 Å². The lowest BCUT2D eigenvalue weighted by molar-refractivity contribution is -0.137. The number of nitrogens with one attached hydrogen (secondary N) is 1. The predicted molar refractivity (Wildman–Crippen MR) is 107 cm³/mol. The highest BCUT2D eigenvalue weighted by Crippen LogP contribution is 2.39. The van der Waals surface area contributed by atoms with E-state index in [1.54, 1.807) is 28.5 Å². The number of carbonyl (C=O) groups is 1. The molecule has 30 heavy (non-hydrogen) atoms. The second-order valence-electron chi connectivity index (χ2n) is 7.35. The van der Waals surface area contributed by atoms with Gasteiger partial charge >= 0.3 is 6.18 Å². The minimum Gasteiger partial charge on any atom is -0.302 e. The van der Waals surface area contributed by atoms with Gasteiger partial charge in [-0.05, 0) is 24.1 Å². The largest absolute Gasteiger partial charge is 0.416 e.